The molecule has 0 saturated heterocycles. The first-order valence-corrected chi connectivity index (χ1v) is 13.4. The summed E-state index contributed by atoms with van der Waals surface area (Å²) in [6, 6.07) is 20.4. The minimum Gasteiger partial charge on any atom is -0.489 e. The molecular formula is C31H31ClN2O4. The lowest BCUT2D eigenvalue weighted by Crippen LogP contribution is -2.37. The van der Waals surface area contributed by atoms with Crippen LogP contribution in [0.3, 0.4) is 0 Å². The molecule has 3 aromatic carbocycles. The summed E-state index contributed by atoms with van der Waals surface area (Å²) in [6.07, 6.45) is 0. The summed E-state index contributed by atoms with van der Waals surface area (Å²) in [6.45, 7) is 9.41. The van der Waals surface area contributed by atoms with Crippen molar-refractivity contribution in [3.8, 4) is 5.75 Å². The molecule has 1 unspecified atom stereocenters. The molecular weight excluding hydrogens is 500 g/mol. The van der Waals surface area contributed by atoms with E-state index >= 15 is 0 Å². The summed E-state index contributed by atoms with van der Waals surface area (Å²) in [5.41, 5.74) is 3.20. The largest absolute Gasteiger partial charge is 0.489 e. The highest BCUT2D eigenvalue weighted by molar-refractivity contribution is 6.32. The zero-order valence-corrected chi connectivity index (χ0v) is 22.6. The van der Waals surface area contributed by atoms with Gasteiger partial charge in [0, 0.05) is 18.1 Å². The van der Waals surface area contributed by atoms with Crippen LogP contribution in [0.5, 0.6) is 5.75 Å². The van der Waals surface area contributed by atoms with Gasteiger partial charge in [0.15, 0.2) is 5.43 Å². The molecule has 1 atom stereocenters. The number of halogens is 1. The molecule has 5 rings (SSSR count). The maximum absolute atomic E-state index is 13.8. The maximum Gasteiger partial charge on any atom is 0.290 e. The van der Waals surface area contributed by atoms with Crippen LogP contribution in [0.15, 0.2) is 75.9 Å². The van der Waals surface area contributed by atoms with Crippen molar-refractivity contribution in [3.05, 3.63) is 110 Å². The quantitative estimate of drug-likeness (QED) is 0.257. The van der Waals surface area contributed by atoms with Crippen LogP contribution in [0.1, 0.15) is 52.7 Å². The van der Waals surface area contributed by atoms with Crippen LogP contribution < -0.4 is 10.2 Å². The van der Waals surface area contributed by atoms with E-state index in [0.717, 1.165) is 29.8 Å². The standard InChI is InChI=1S/C31H31ClN2O4/c1-4-33(5-2)15-16-34-28(22-11-13-23(14-12-22)37-19-21-9-7-6-8-10-21)27-29(35)24-18-25(32)20(3)17-26(24)38-30(27)31(34)36/h6-14,17-18,28H,4-5,15-16,19H2,1-3H3. The second-order valence-electron chi connectivity index (χ2n) is 9.54. The number of benzene rings is 3. The van der Waals surface area contributed by atoms with Gasteiger partial charge in [-0.1, -0.05) is 67.9 Å². The Morgan fingerprint density at radius 1 is 1.00 bits per heavy atom. The molecule has 7 heteroatoms. The van der Waals surface area contributed by atoms with Gasteiger partial charge < -0.3 is 19.0 Å². The molecule has 1 aromatic heterocycles. The predicted octanol–water partition coefficient (Wildman–Crippen LogP) is 6.22. The monoisotopic (exact) mass is 530 g/mol. The fourth-order valence-electron chi connectivity index (χ4n) is 4.99. The highest BCUT2D eigenvalue weighted by Gasteiger charge is 2.42. The van der Waals surface area contributed by atoms with E-state index in [0.29, 0.717) is 47.0 Å². The van der Waals surface area contributed by atoms with Gasteiger partial charge in [-0.25, -0.2) is 0 Å². The van der Waals surface area contributed by atoms with Crippen LogP contribution in [-0.4, -0.2) is 41.9 Å². The summed E-state index contributed by atoms with van der Waals surface area (Å²) in [5, 5.41) is 0.870. The van der Waals surface area contributed by atoms with Crippen LogP contribution in [0, 0.1) is 6.92 Å². The third-order valence-corrected chi connectivity index (χ3v) is 7.65. The Morgan fingerprint density at radius 3 is 2.39 bits per heavy atom. The maximum atomic E-state index is 13.8. The van der Waals surface area contributed by atoms with Gasteiger partial charge in [-0.2, -0.15) is 0 Å². The van der Waals surface area contributed by atoms with Crippen LogP contribution in [-0.2, 0) is 6.61 Å². The molecule has 2 heterocycles. The van der Waals surface area contributed by atoms with E-state index in [9.17, 15) is 9.59 Å². The van der Waals surface area contributed by atoms with Crippen molar-refractivity contribution in [3.63, 3.8) is 0 Å². The second kappa shape index (κ2) is 11.0. The minimum absolute atomic E-state index is 0.109. The topological polar surface area (TPSA) is 63.0 Å². The summed E-state index contributed by atoms with van der Waals surface area (Å²) < 4.78 is 12.1. The summed E-state index contributed by atoms with van der Waals surface area (Å²) >= 11 is 6.35. The molecule has 38 heavy (non-hydrogen) atoms. The molecule has 0 spiro atoms. The number of likely N-dealkylation sites (N-methyl/N-ethyl adjacent to an activating group) is 1. The number of nitrogens with zero attached hydrogens (tertiary/aromatic N) is 2. The van der Waals surface area contributed by atoms with Gasteiger partial charge in [0.05, 0.1) is 17.0 Å². The van der Waals surface area contributed by atoms with Crippen molar-refractivity contribution < 1.29 is 13.9 Å². The highest BCUT2D eigenvalue weighted by Crippen LogP contribution is 2.39. The van der Waals surface area contributed by atoms with Crippen LogP contribution >= 0.6 is 11.6 Å². The molecule has 1 aliphatic heterocycles. The summed E-state index contributed by atoms with van der Waals surface area (Å²) in [7, 11) is 0. The SMILES string of the molecule is CCN(CC)CCN1C(=O)c2oc3cc(C)c(Cl)cc3c(=O)c2C1c1ccc(OCc2ccccc2)cc1. The van der Waals surface area contributed by atoms with Crippen molar-refractivity contribution in [2.75, 3.05) is 26.2 Å². The first-order chi connectivity index (χ1) is 18.4. The molecule has 0 aliphatic carbocycles. The highest BCUT2D eigenvalue weighted by atomic mass is 35.5. The van der Waals surface area contributed by atoms with Gasteiger partial charge in [-0.3, -0.25) is 9.59 Å². The molecule has 0 bridgehead atoms. The summed E-state index contributed by atoms with van der Waals surface area (Å²) in [4.78, 5) is 31.5. The van der Waals surface area contributed by atoms with Crippen molar-refractivity contribution in [1.82, 2.24) is 9.80 Å². The predicted molar refractivity (Wildman–Crippen MR) is 150 cm³/mol. The molecule has 6 nitrogen and oxygen atoms in total. The molecule has 0 N–H and O–H groups in total. The normalized spacial score (nSPS) is 14.9. The number of fused-ring (bicyclic) bond motifs is 2. The van der Waals surface area contributed by atoms with Gasteiger partial charge in [0.25, 0.3) is 5.91 Å². The van der Waals surface area contributed by atoms with Crippen molar-refractivity contribution >= 4 is 28.5 Å². The molecule has 0 fully saturated rings. The van der Waals surface area contributed by atoms with Crippen LogP contribution in [0.2, 0.25) is 5.02 Å². The number of rotatable bonds is 9. The van der Waals surface area contributed by atoms with E-state index < -0.39 is 6.04 Å². The van der Waals surface area contributed by atoms with E-state index in [1.54, 1.807) is 17.0 Å². The van der Waals surface area contributed by atoms with E-state index in [4.69, 9.17) is 20.8 Å². The number of aryl methyl sites for hydroxylation is 1. The van der Waals surface area contributed by atoms with Gasteiger partial charge >= 0.3 is 0 Å². The van der Waals surface area contributed by atoms with Crippen molar-refractivity contribution in [1.29, 1.82) is 0 Å². The summed E-state index contributed by atoms with van der Waals surface area (Å²) in [5.74, 6) is 0.552. The average Bonchev–Trinajstić information content (AvgIpc) is 3.21. The first kappa shape index (κ1) is 26.0. The lowest BCUT2D eigenvalue weighted by molar-refractivity contribution is 0.0708. The fourth-order valence-corrected chi connectivity index (χ4v) is 5.16. The van der Waals surface area contributed by atoms with E-state index in [1.165, 1.54) is 0 Å². The van der Waals surface area contributed by atoms with E-state index in [-0.39, 0.29) is 17.1 Å². The number of ether oxygens (including phenoxy) is 1. The third kappa shape index (κ3) is 4.94. The smallest absolute Gasteiger partial charge is 0.290 e. The molecule has 1 aliphatic rings. The lowest BCUT2D eigenvalue weighted by atomic mass is 9.98. The Morgan fingerprint density at radius 2 is 1.71 bits per heavy atom. The molecule has 0 saturated carbocycles. The zero-order valence-electron chi connectivity index (χ0n) is 21.9. The minimum atomic E-state index is -0.558. The average molecular weight is 531 g/mol. The molecule has 196 valence electrons. The van der Waals surface area contributed by atoms with E-state index in [2.05, 4.69) is 18.7 Å². The van der Waals surface area contributed by atoms with Gasteiger partial charge in [0.2, 0.25) is 5.76 Å². The lowest BCUT2D eigenvalue weighted by Gasteiger charge is -2.28. The number of carbonyl (C=O) groups is 1. The van der Waals surface area contributed by atoms with Crippen molar-refractivity contribution in [2.45, 2.75) is 33.4 Å². The second-order valence-corrected chi connectivity index (χ2v) is 9.95. The Kier molecular flexibility index (Phi) is 7.54. The molecule has 1 amide bonds. The van der Waals surface area contributed by atoms with Crippen LogP contribution in [0.25, 0.3) is 11.0 Å². The van der Waals surface area contributed by atoms with Gasteiger partial charge in [-0.05, 0) is 61.0 Å². The van der Waals surface area contributed by atoms with Gasteiger partial charge in [0.1, 0.15) is 17.9 Å². The van der Waals surface area contributed by atoms with E-state index in [1.807, 2.05) is 61.5 Å². The number of amides is 1. The molecule has 0 radical (unpaired) electrons. The number of carbonyl (C=O) groups excluding carboxylic acids is 1. The fraction of sp³-hybridized carbons (Fsp3) is 0.290. The van der Waals surface area contributed by atoms with Crippen molar-refractivity contribution in [2.24, 2.45) is 0 Å². The Hall–Kier alpha value is -3.61. The molecule has 4 aromatic rings. The van der Waals surface area contributed by atoms with Gasteiger partial charge in [-0.15, -0.1) is 0 Å². The first-order valence-electron chi connectivity index (χ1n) is 13.0. The number of hydrogen-bond donors (Lipinski definition) is 0. The third-order valence-electron chi connectivity index (χ3n) is 7.24. The Balaban J connectivity index is 1.53. The van der Waals surface area contributed by atoms with Crippen LogP contribution in [0.4, 0.5) is 0 Å². The zero-order chi connectivity index (χ0) is 26.8. The number of hydrogen-bond acceptors (Lipinski definition) is 5. The Bertz CT molecular complexity index is 1510. The Labute approximate surface area is 227 Å².